The highest BCUT2D eigenvalue weighted by Crippen LogP contribution is 2.17. The van der Waals surface area contributed by atoms with E-state index in [4.69, 9.17) is 4.74 Å². The quantitative estimate of drug-likeness (QED) is 0.703. The van der Waals surface area contributed by atoms with Crippen molar-refractivity contribution in [3.8, 4) is 0 Å². The molecule has 0 saturated carbocycles. The smallest absolute Gasteiger partial charge is 0.0826 e. The Morgan fingerprint density at radius 3 is 2.54 bits per heavy atom. The molecule has 1 atom stereocenters. The van der Waals surface area contributed by atoms with E-state index in [0.29, 0.717) is 6.10 Å². The minimum Gasteiger partial charge on any atom is -0.374 e. The lowest BCUT2D eigenvalue weighted by Crippen LogP contribution is -2.46. The average Bonchev–Trinajstić information content (AvgIpc) is 2.69. The average molecular weight is 389 g/mol. The summed E-state index contributed by atoms with van der Waals surface area (Å²) in [6.45, 7) is 15.2. The standard InChI is InChI=1S/C23H40N4O/c1-20(2)5-4-10-26-15-16-28-23(19-26)18-24-17-21-6-8-22(9-7-21)27-13-11-25(3)12-14-27/h6-9,20,23-24H,4-5,10-19H2,1-3H3/t23-/m0/s1. The maximum atomic E-state index is 5.97. The molecular weight excluding hydrogens is 348 g/mol. The fourth-order valence-electron chi connectivity index (χ4n) is 4.10. The highest BCUT2D eigenvalue weighted by molar-refractivity contribution is 5.48. The molecule has 2 fully saturated rings. The summed E-state index contributed by atoms with van der Waals surface area (Å²) in [5.41, 5.74) is 2.70. The van der Waals surface area contributed by atoms with Crippen LogP contribution in [0.3, 0.4) is 0 Å². The first kappa shape index (κ1) is 21.6. The lowest BCUT2D eigenvalue weighted by Gasteiger charge is -2.34. The van der Waals surface area contributed by atoms with Gasteiger partial charge >= 0.3 is 0 Å². The topological polar surface area (TPSA) is 31.0 Å². The van der Waals surface area contributed by atoms with Crippen LogP contribution in [0.25, 0.3) is 0 Å². The van der Waals surface area contributed by atoms with Crippen LogP contribution in [0.1, 0.15) is 32.3 Å². The molecule has 0 spiro atoms. The van der Waals surface area contributed by atoms with E-state index >= 15 is 0 Å². The first-order valence-corrected chi connectivity index (χ1v) is 11.2. The molecule has 5 heteroatoms. The second-order valence-corrected chi connectivity index (χ2v) is 8.92. The molecule has 5 nitrogen and oxygen atoms in total. The van der Waals surface area contributed by atoms with Crippen LogP contribution in [-0.4, -0.2) is 81.9 Å². The minimum absolute atomic E-state index is 0.317. The van der Waals surface area contributed by atoms with Crippen LogP contribution in [-0.2, 0) is 11.3 Å². The molecule has 2 heterocycles. The summed E-state index contributed by atoms with van der Waals surface area (Å²) in [7, 11) is 2.20. The summed E-state index contributed by atoms with van der Waals surface area (Å²) in [5, 5.41) is 3.60. The van der Waals surface area contributed by atoms with Crippen LogP contribution >= 0.6 is 0 Å². The van der Waals surface area contributed by atoms with Crippen LogP contribution in [0.5, 0.6) is 0 Å². The number of hydrogen-bond acceptors (Lipinski definition) is 5. The molecule has 2 aliphatic heterocycles. The van der Waals surface area contributed by atoms with Crippen molar-refractivity contribution in [2.75, 3.05) is 70.9 Å². The molecule has 1 aromatic carbocycles. The Bertz CT molecular complexity index is 554. The van der Waals surface area contributed by atoms with Gasteiger partial charge in [0.2, 0.25) is 0 Å². The van der Waals surface area contributed by atoms with E-state index in [1.165, 1.54) is 30.6 Å². The summed E-state index contributed by atoms with van der Waals surface area (Å²) < 4.78 is 5.97. The van der Waals surface area contributed by atoms with Crippen LogP contribution in [0.15, 0.2) is 24.3 Å². The van der Waals surface area contributed by atoms with Crippen molar-refractivity contribution in [2.45, 2.75) is 39.3 Å². The maximum absolute atomic E-state index is 5.97. The normalized spacial score (nSPS) is 22.1. The zero-order valence-corrected chi connectivity index (χ0v) is 18.2. The Morgan fingerprint density at radius 1 is 1.07 bits per heavy atom. The van der Waals surface area contributed by atoms with Gasteiger partial charge in [-0.05, 0) is 50.0 Å². The lowest BCUT2D eigenvalue weighted by molar-refractivity contribution is -0.0277. The van der Waals surface area contributed by atoms with E-state index in [2.05, 4.69) is 65.2 Å². The highest BCUT2D eigenvalue weighted by atomic mass is 16.5. The number of benzene rings is 1. The van der Waals surface area contributed by atoms with Crippen molar-refractivity contribution < 1.29 is 4.74 Å². The van der Waals surface area contributed by atoms with Crippen molar-refractivity contribution in [1.82, 2.24) is 15.1 Å². The minimum atomic E-state index is 0.317. The Balaban J connectivity index is 1.35. The Kier molecular flexibility index (Phi) is 8.59. The number of piperazine rings is 1. The summed E-state index contributed by atoms with van der Waals surface area (Å²) in [5.74, 6) is 0.807. The lowest BCUT2D eigenvalue weighted by atomic mass is 10.1. The molecule has 0 radical (unpaired) electrons. The van der Waals surface area contributed by atoms with Gasteiger partial charge in [-0.25, -0.2) is 0 Å². The monoisotopic (exact) mass is 388 g/mol. The van der Waals surface area contributed by atoms with Crippen LogP contribution in [0, 0.1) is 5.92 Å². The number of nitrogens with zero attached hydrogens (tertiary/aromatic N) is 3. The van der Waals surface area contributed by atoms with Crippen molar-refractivity contribution >= 4 is 5.69 Å². The molecule has 0 unspecified atom stereocenters. The van der Waals surface area contributed by atoms with E-state index in [9.17, 15) is 0 Å². The van der Waals surface area contributed by atoms with Gasteiger partial charge in [0.25, 0.3) is 0 Å². The largest absolute Gasteiger partial charge is 0.374 e. The SMILES string of the molecule is CC(C)CCCN1CCO[C@@H](CNCc2ccc(N3CCN(C)CC3)cc2)C1. The number of rotatable bonds is 9. The summed E-state index contributed by atoms with van der Waals surface area (Å²) in [6, 6.07) is 9.08. The van der Waals surface area contributed by atoms with Gasteiger partial charge in [0, 0.05) is 58.0 Å². The van der Waals surface area contributed by atoms with Crippen molar-refractivity contribution in [2.24, 2.45) is 5.92 Å². The van der Waals surface area contributed by atoms with Crippen molar-refractivity contribution in [3.05, 3.63) is 29.8 Å². The fraction of sp³-hybridized carbons (Fsp3) is 0.739. The first-order chi connectivity index (χ1) is 13.6. The molecular formula is C23H40N4O. The number of anilines is 1. The second-order valence-electron chi connectivity index (χ2n) is 8.92. The van der Waals surface area contributed by atoms with Gasteiger partial charge in [-0.15, -0.1) is 0 Å². The van der Waals surface area contributed by atoms with E-state index in [0.717, 1.165) is 64.9 Å². The number of nitrogens with one attached hydrogen (secondary N) is 1. The van der Waals surface area contributed by atoms with E-state index in [1.807, 2.05) is 0 Å². The number of morpholine rings is 1. The Labute approximate surface area is 172 Å². The summed E-state index contributed by atoms with van der Waals surface area (Å²) >= 11 is 0. The molecule has 0 bridgehead atoms. The van der Waals surface area contributed by atoms with E-state index in [-0.39, 0.29) is 0 Å². The van der Waals surface area contributed by atoms with Crippen LogP contribution in [0.2, 0.25) is 0 Å². The van der Waals surface area contributed by atoms with Gasteiger partial charge in [0.1, 0.15) is 0 Å². The number of likely N-dealkylation sites (N-methyl/N-ethyl adjacent to an activating group) is 1. The Hall–Kier alpha value is -1.14. The molecule has 158 valence electrons. The molecule has 28 heavy (non-hydrogen) atoms. The molecule has 0 aromatic heterocycles. The Morgan fingerprint density at radius 2 is 1.82 bits per heavy atom. The molecule has 0 aliphatic carbocycles. The molecule has 3 rings (SSSR count). The van der Waals surface area contributed by atoms with Gasteiger partial charge < -0.3 is 19.9 Å². The van der Waals surface area contributed by atoms with E-state index in [1.54, 1.807) is 0 Å². The maximum Gasteiger partial charge on any atom is 0.0826 e. The van der Waals surface area contributed by atoms with Crippen molar-refractivity contribution in [3.63, 3.8) is 0 Å². The third-order valence-corrected chi connectivity index (χ3v) is 5.98. The fourth-order valence-corrected chi connectivity index (χ4v) is 4.10. The zero-order valence-electron chi connectivity index (χ0n) is 18.2. The molecule has 1 N–H and O–H groups in total. The molecule has 0 amide bonds. The second kappa shape index (κ2) is 11.1. The van der Waals surface area contributed by atoms with Gasteiger partial charge in [0.15, 0.2) is 0 Å². The summed E-state index contributed by atoms with van der Waals surface area (Å²) in [6.07, 6.45) is 2.94. The number of ether oxygens (including phenoxy) is 1. The molecule has 2 aliphatic rings. The van der Waals surface area contributed by atoms with Crippen LogP contribution in [0.4, 0.5) is 5.69 Å². The molecule has 1 aromatic rings. The third kappa shape index (κ3) is 7.03. The third-order valence-electron chi connectivity index (χ3n) is 5.98. The highest BCUT2D eigenvalue weighted by Gasteiger charge is 2.20. The van der Waals surface area contributed by atoms with E-state index < -0.39 is 0 Å². The van der Waals surface area contributed by atoms with Crippen molar-refractivity contribution in [1.29, 1.82) is 0 Å². The van der Waals surface area contributed by atoms with Gasteiger partial charge in [0.05, 0.1) is 12.7 Å². The van der Waals surface area contributed by atoms with Gasteiger partial charge in [-0.1, -0.05) is 26.0 Å². The number of hydrogen-bond donors (Lipinski definition) is 1. The first-order valence-electron chi connectivity index (χ1n) is 11.2. The van der Waals surface area contributed by atoms with Gasteiger partial charge in [-0.2, -0.15) is 0 Å². The van der Waals surface area contributed by atoms with Crippen LogP contribution < -0.4 is 10.2 Å². The molecule has 2 saturated heterocycles. The predicted octanol–water partition coefficient (Wildman–Crippen LogP) is 2.67. The zero-order chi connectivity index (χ0) is 19.8. The van der Waals surface area contributed by atoms with Gasteiger partial charge in [-0.3, -0.25) is 4.90 Å². The summed E-state index contributed by atoms with van der Waals surface area (Å²) in [4.78, 5) is 7.46. The predicted molar refractivity (Wildman–Crippen MR) is 118 cm³/mol.